The van der Waals surface area contributed by atoms with Crippen LogP contribution in [0.3, 0.4) is 0 Å². The fourth-order valence-electron chi connectivity index (χ4n) is 2.86. The summed E-state index contributed by atoms with van der Waals surface area (Å²) in [7, 11) is -1.92. The third kappa shape index (κ3) is 5.17. The number of sulfonamides is 1. The molecule has 0 atom stereocenters. The second-order valence-electron chi connectivity index (χ2n) is 6.23. The molecule has 0 aliphatic carbocycles. The van der Waals surface area contributed by atoms with E-state index in [4.69, 9.17) is 16.3 Å². The number of nitrogens with one attached hydrogen (secondary N) is 1. The summed E-state index contributed by atoms with van der Waals surface area (Å²) in [5.41, 5.74) is 0.730. The maximum Gasteiger partial charge on any atom is 0.243 e. The summed E-state index contributed by atoms with van der Waals surface area (Å²) in [4.78, 5) is 12.4. The smallest absolute Gasteiger partial charge is 0.243 e. The number of piperidine rings is 1. The van der Waals surface area contributed by atoms with Crippen LogP contribution in [0.4, 0.5) is 0 Å². The highest BCUT2D eigenvalue weighted by molar-refractivity contribution is 7.89. The first kappa shape index (κ1) is 20.2. The third-order valence-electron chi connectivity index (χ3n) is 4.42. The number of carbonyl (C=O) groups excluding carboxylic acids is 1. The predicted molar refractivity (Wildman–Crippen MR) is 97.2 cm³/mol. The lowest BCUT2D eigenvalue weighted by Crippen LogP contribution is -2.43. The molecule has 0 radical (unpaired) electrons. The molecule has 1 aromatic carbocycles. The van der Waals surface area contributed by atoms with Gasteiger partial charge in [-0.1, -0.05) is 11.6 Å². The number of benzene rings is 1. The van der Waals surface area contributed by atoms with E-state index in [1.165, 1.54) is 10.4 Å². The molecule has 1 heterocycles. The van der Waals surface area contributed by atoms with Crippen molar-refractivity contribution >= 4 is 27.5 Å². The monoisotopic (exact) mass is 388 g/mol. The van der Waals surface area contributed by atoms with Crippen LogP contribution in [0.25, 0.3) is 0 Å². The Hall–Kier alpha value is -1.15. The van der Waals surface area contributed by atoms with Crippen LogP contribution in [0.5, 0.6) is 0 Å². The summed E-state index contributed by atoms with van der Waals surface area (Å²) in [5.74, 6) is -0.142. The fraction of sp³-hybridized carbons (Fsp3) is 0.588. The minimum Gasteiger partial charge on any atom is -0.385 e. The average Bonchev–Trinajstić information content (AvgIpc) is 2.61. The van der Waals surface area contributed by atoms with Gasteiger partial charge in [-0.25, -0.2) is 8.42 Å². The van der Waals surface area contributed by atoms with Crippen molar-refractivity contribution in [1.82, 2.24) is 9.62 Å². The van der Waals surface area contributed by atoms with E-state index < -0.39 is 10.0 Å². The molecule has 140 valence electrons. The number of aryl methyl sites for hydroxylation is 1. The standard InChI is InChI=1S/C17H25ClN2O4S/c1-13-12-15(4-5-16(13)18)25(22,23)20-9-6-14(7-10-20)17(21)19-8-3-11-24-2/h4-5,12,14H,3,6-11H2,1-2H3,(H,19,21). The van der Waals surface area contributed by atoms with Gasteiger partial charge in [0.05, 0.1) is 4.90 Å². The summed E-state index contributed by atoms with van der Waals surface area (Å²) >= 11 is 5.97. The molecule has 1 amide bonds. The van der Waals surface area contributed by atoms with Gasteiger partial charge in [-0.3, -0.25) is 4.79 Å². The molecule has 0 spiro atoms. The van der Waals surface area contributed by atoms with Gasteiger partial charge in [0, 0.05) is 44.3 Å². The second kappa shape index (κ2) is 8.98. The molecular formula is C17H25ClN2O4S. The summed E-state index contributed by atoms with van der Waals surface area (Å²) in [5, 5.41) is 3.43. The van der Waals surface area contributed by atoms with Crippen molar-refractivity contribution in [2.75, 3.05) is 33.4 Å². The van der Waals surface area contributed by atoms with Crippen molar-refractivity contribution in [3.8, 4) is 0 Å². The zero-order valence-electron chi connectivity index (χ0n) is 14.6. The number of hydrogen-bond acceptors (Lipinski definition) is 4. The van der Waals surface area contributed by atoms with Crippen molar-refractivity contribution in [3.05, 3.63) is 28.8 Å². The zero-order chi connectivity index (χ0) is 18.4. The number of amides is 1. The van der Waals surface area contributed by atoms with Crippen LogP contribution in [0, 0.1) is 12.8 Å². The Balaban J connectivity index is 1.92. The summed E-state index contributed by atoms with van der Waals surface area (Å²) < 4.78 is 31.9. The highest BCUT2D eigenvalue weighted by Crippen LogP contribution is 2.26. The van der Waals surface area contributed by atoms with E-state index in [2.05, 4.69) is 5.32 Å². The van der Waals surface area contributed by atoms with Crippen LogP contribution in [-0.4, -0.2) is 52.0 Å². The molecule has 6 nitrogen and oxygen atoms in total. The summed E-state index contributed by atoms with van der Waals surface area (Å²) in [6, 6.07) is 4.72. The zero-order valence-corrected chi connectivity index (χ0v) is 16.2. The van der Waals surface area contributed by atoms with E-state index >= 15 is 0 Å². The Morgan fingerprint density at radius 1 is 1.36 bits per heavy atom. The van der Waals surface area contributed by atoms with E-state index in [0.29, 0.717) is 44.1 Å². The van der Waals surface area contributed by atoms with Gasteiger partial charge in [-0.2, -0.15) is 4.31 Å². The Morgan fingerprint density at radius 2 is 2.04 bits per heavy atom. The number of carbonyl (C=O) groups is 1. The molecule has 25 heavy (non-hydrogen) atoms. The minimum absolute atomic E-state index is 0.00418. The van der Waals surface area contributed by atoms with Gasteiger partial charge in [-0.15, -0.1) is 0 Å². The maximum absolute atomic E-state index is 12.7. The number of halogens is 1. The number of ether oxygens (including phenoxy) is 1. The molecular weight excluding hydrogens is 364 g/mol. The van der Waals surface area contributed by atoms with Crippen LogP contribution >= 0.6 is 11.6 Å². The number of nitrogens with zero attached hydrogens (tertiary/aromatic N) is 1. The first-order chi connectivity index (χ1) is 11.9. The predicted octanol–water partition coefficient (Wildman–Crippen LogP) is 2.20. The van der Waals surface area contributed by atoms with Gasteiger partial charge in [-0.05, 0) is 49.9 Å². The molecule has 1 fully saturated rings. The van der Waals surface area contributed by atoms with Crippen molar-refractivity contribution < 1.29 is 17.9 Å². The summed E-state index contributed by atoms with van der Waals surface area (Å²) in [6.07, 6.45) is 1.83. The molecule has 0 bridgehead atoms. The Labute approximate surface area is 154 Å². The second-order valence-corrected chi connectivity index (χ2v) is 8.57. The lowest BCUT2D eigenvalue weighted by atomic mass is 9.97. The molecule has 1 N–H and O–H groups in total. The number of hydrogen-bond donors (Lipinski definition) is 1. The number of methoxy groups -OCH3 is 1. The van der Waals surface area contributed by atoms with Crippen molar-refractivity contribution in [3.63, 3.8) is 0 Å². The molecule has 2 rings (SSSR count). The van der Waals surface area contributed by atoms with Gasteiger partial charge in [0.15, 0.2) is 0 Å². The molecule has 1 aliphatic rings. The van der Waals surface area contributed by atoms with Crippen molar-refractivity contribution in [2.24, 2.45) is 5.92 Å². The lowest BCUT2D eigenvalue weighted by Gasteiger charge is -2.30. The minimum atomic E-state index is -3.55. The van der Waals surface area contributed by atoms with E-state index in [1.54, 1.807) is 26.2 Å². The maximum atomic E-state index is 12.7. The highest BCUT2D eigenvalue weighted by Gasteiger charge is 2.32. The Bertz CT molecular complexity index is 701. The van der Waals surface area contributed by atoms with Gasteiger partial charge in [0.25, 0.3) is 0 Å². The SMILES string of the molecule is COCCCNC(=O)C1CCN(S(=O)(=O)c2ccc(Cl)c(C)c2)CC1. The molecule has 0 unspecified atom stereocenters. The van der Waals surface area contributed by atoms with Gasteiger partial charge in [0.1, 0.15) is 0 Å². The van der Waals surface area contributed by atoms with Crippen LogP contribution in [-0.2, 0) is 19.6 Å². The molecule has 0 aromatic heterocycles. The van der Waals surface area contributed by atoms with Crippen molar-refractivity contribution in [2.45, 2.75) is 31.1 Å². The quantitative estimate of drug-likeness (QED) is 0.726. The highest BCUT2D eigenvalue weighted by atomic mass is 35.5. The van der Waals surface area contributed by atoms with E-state index in [1.807, 2.05) is 0 Å². The first-order valence-electron chi connectivity index (χ1n) is 8.39. The summed E-state index contributed by atoms with van der Waals surface area (Å²) in [6.45, 7) is 3.66. The lowest BCUT2D eigenvalue weighted by molar-refractivity contribution is -0.126. The topological polar surface area (TPSA) is 75.7 Å². The van der Waals surface area contributed by atoms with E-state index in [0.717, 1.165) is 12.0 Å². The van der Waals surface area contributed by atoms with Crippen LogP contribution in [0.15, 0.2) is 23.1 Å². The first-order valence-corrected chi connectivity index (χ1v) is 10.2. The molecule has 1 aliphatic heterocycles. The van der Waals surface area contributed by atoms with E-state index in [-0.39, 0.29) is 16.7 Å². The molecule has 1 aromatic rings. The van der Waals surface area contributed by atoms with E-state index in [9.17, 15) is 13.2 Å². The van der Waals surface area contributed by atoms with Gasteiger partial charge >= 0.3 is 0 Å². The Morgan fingerprint density at radius 3 is 2.64 bits per heavy atom. The van der Waals surface area contributed by atoms with Crippen LogP contribution < -0.4 is 5.32 Å². The fourth-order valence-corrected chi connectivity index (χ4v) is 4.53. The average molecular weight is 389 g/mol. The normalized spacial score (nSPS) is 16.8. The van der Waals surface area contributed by atoms with Crippen LogP contribution in [0.1, 0.15) is 24.8 Å². The van der Waals surface area contributed by atoms with Crippen molar-refractivity contribution in [1.29, 1.82) is 0 Å². The molecule has 1 saturated heterocycles. The molecule has 0 saturated carbocycles. The Kier molecular flexibility index (Phi) is 7.25. The van der Waals surface area contributed by atoms with Gasteiger partial charge < -0.3 is 10.1 Å². The van der Waals surface area contributed by atoms with Crippen LogP contribution in [0.2, 0.25) is 5.02 Å². The largest absolute Gasteiger partial charge is 0.385 e. The number of rotatable bonds is 7. The molecule has 8 heteroatoms. The third-order valence-corrected chi connectivity index (χ3v) is 6.74. The van der Waals surface area contributed by atoms with Gasteiger partial charge in [0.2, 0.25) is 15.9 Å².